The molecule has 0 atom stereocenters. The van der Waals surface area contributed by atoms with Gasteiger partial charge in [0, 0.05) is 25.2 Å². The Bertz CT molecular complexity index is 547. The van der Waals surface area contributed by atoms with Gasteiger partial charge in [-0.3, -0.25) is 15.0 Å². The summed E-state index contributed by atoms with van der Waals surface area (Å²) >= 11 is 0. The number of hydrogen-bond acceptors (Lipinski definition) is 6. The molecule has 8 nitrogen and oxygen atoms in total. The Hall–Kier alpha value is -2.35. The van der Waals surface area contributed by atoms with E-state index in [1.807, 2.05) is 19.0 Å². The van der Waals surface area contributed by atoms with E-state index in [1.54, 1.807) is 6.07 Å². The van der Waals surface area contributed by atoms with Gasteiger partial charge >= 0.3 is 6.09 Å². The Morgan fingerprint density at radius 3 is 2.81 bits per heavy atom. The smallest absolute Gasteiger partial charge is 0.414 e. The third kappa shape index (κ3) is 3.60. The Balaban J connectivity index is 2.25. The molecule has 0 bridgehead atoms. The molecule has 0 radical (unpaired) electrons. The van der Waals surface area contributed by atoms with Crippen LogP contribution < -0.4 is 10.2 Å². The zero-order valence-corrected chi connectivity index (χ0v) is 12.0. The number of benzene rings is 1. The molecule has 8 heteroatoms. The first-order chi connectivity index (χ1) is 9.99. The molecular formula is C13H18N4O4. The topological polar surface area (TPSA) is 87.9 Å². The number of nitro benzene ring substituents is 1. The van der Waals surface area contributed by atoms with Gasteiger partial charge in [-0.05, 0) is 20.2 Å². The summed E-state index contributed by atoms with van der Waals surface area (Å²) in [5.74, 6) is 0. The van der Waals surface area contributed by atoms with Crippen molar-refractivity contribution >= 4 is 23.2 Å². The van der Waals surface area contributed by atoms with E-state index in [9.17, 15) is 14.9 Å². The van der Waals surface area contributed by atoms with Crippen LogP contribution in [0, 0.1) is 10.1 Å². The first-order valence-electron chi connectivity index (χ1n) is 6.60. The fourth-order valence-corrected chi connectivity index (χ4v) is 2.03. The van der Waals surface area contributed by atoms with E-state index in [-0.39, 0.29) is 5.69 Å². The maximum Gasteiger partial charge on any atom is 0.414 e. The Morgan fingerprint density at radius 1 is 1.48 bits per heavy atom. The fraction of sp³-hybridized carbons (Fsp3) is 0.462. The average Bonchev–Trinajstić information content (AvgIpc) is 2.84. The van der Waals surface area contributed by atoms with Crippen molar-refractivity contribution in [3.05, 3.63) is 28.3 Å². The number of non-ortho nitro benzene ring substituents is 1. The van der Waals surface area contributed by atoms with E-state index in [4.69, 9.17) is 4.74 Å². The van der Waals surface area contributed by atoms with Crippen LogP contribution in [0.15, 0.2) is 18.2 Å². The van der Waals surface area contributed by atoms with Crippen molar-refractivity contribution in [1.82, 2.24) is 4.90 Å². The van der Waals surface area contributed by atoms with Crippen molar-refractivity contribution in [2.24, 2.45) is 0 Å². The normalized spacial score (nSPS) is 14.4. The summed E-state index contributed by atoms with van der Waals surface area (Å²) < 4.78 is 4.90. The summed E-state index contributed by atoms with van der Waals surface area (Å²) in [6, 6.07) is 4.43. The molecule has 1 aromatic rings. The predicted octanol–water partition coefficient (Wildman–Crippen LogP) is 1.52. The van der Waals surface area contributed by atoms with Crippen molar-refractivity contribution in [1.29, 1.82) is 0 Å². The maximum absolute atomic E-state index is 11.7. The highest BCUT2D eigenvalue weighted by atomic mass is 16.6. The van der Waals surface area contributed by atoms with Crippen molar-refractivity contribution in [3.63, 3.8) is 0 Å². The van der Waals surface area contributed by atoms with Gasteiger partial charge in [0.1, 0.15) is 6.61 Å². The number of nitrogens with one attached hydrogen (secondary N) is 1. The van der Waals surface area contributed by atoms with Crippen LogP contribution in [0.4, 0.5) is 21.9 Å². The molecule has 1 heterocycles. The molecule has 2 rings (SSSR count). The number of anilines is 2. The number of carbonyl (C=O) groups is 1. The lowest BCUT2D eigenvalue weighted by Crippen LogP contribution is -2.26. The van der Waals surface area contributed by atoms with Crippen LogP contribution >= 0.6 is 0 Å². The monoisotopic (exact) mass is 294 g/mol. The molecule has 0 spiro atoms. The molecule has 1 saturated heterocycles. The quantitative estimate of drug-likeness (QED) is 0.632. The van der Waals surface area contributed by atoms with E-state index in [0.29, 0.717) is 31.1 Å². The van der Waals surface area contributed by atoms with E-state index in [0.717, 1.165) is 6.54 Å². The number of ether oxygens (including phenoxy) is 1. The maximum atomic E-state index is 11.7. The molecule has 1 fully saturated rings. The standard InChI is InChI=1S/C13H18N4O4/c1-15(2)6-5-14-11-4-3-10(17(19)20)9-12(11)16-7-8-21-13(16)18/h3-4,9,14H,5-8H2,1-2H3. The van der Waals surface area contributed by atoms with E-state index in [1.165, 1.54) is 17.0 Å². The minimum absolute atomic E-state index is 0.0529. The lowest BCUT2D eigenvalue weighted by Gasteiger charge is -2.19. The number of nitrogens with zero attached hydrogens (tertiary/aromatic N) is 3. The second-order valence-corrected chi connectivity index (χ2v) is 4.95. The molecule has 21 heavy (non-hydrogen) atoms. The van der Waals surface area contributed by atoms with Crippen LogP contribution in [-0.4, -0.2) is 56.3 Å². The zero-order valence-electron chi connectivity index (χ0n) is 12.0. The van der Waals surface area contributed by atoms with Crippen molar-refractivity contribution < 1.29 is 14.5 Å². The molecule has 0 saturated carbocycles. The minimum Gasteiger partial charge on any atom is -0.447 e. The predicted molar refractivity (Wildman–Crippen MR) is 78.8 cm³/mol. The highest BCUT2D eigenvalue weighted by Crippen LogP contribution is 2.32. The summed E-state index contributed by atoms with van der Waals surface area (Å²) in [5, 5.41) is 14.1. The fourth-order valence-electron chi connectivity index (χ4n) is 2.03. The SMILES string of the molecule is CN(C)CCNc1ccc([N+](=O)[O-])cc1N1CCOC1=O. The van der Waals surface area contributed by atoms with Gasteiger partial charge in [-0.25, -0.2) is 4.79 Å². The van der Waals surface area contributed by atoms with E-state index >= 15 is 0 Å². The van der Waals surface area contributed by atoms with Gasteiger partial charge in [-0.15, -0.1) is 0 Å². The number of cyclic esters (lactones) is 1. The second-order valence-electron chi connectivity index (χ2n) is 4.95. The van der Waals surface area contributed by atoms with Gasteiger partial charge in [0.05, 0.1) is 22.8 Å². The third-order valence-electron chi connectivity index (χ3n) is 3.12. The van der Waals surface area contributed by atoms with Gasteiger partial charge < -0.3 is 15.0 Å². The number of carbonyl (C=O) groups excluding carboxylic acids is 1. The van der Waals surface area contributed by atoms with Crippen LogP contribution in [0.1, 0.15) is 0 Å². The molecular weight excluding hydrogens is 276 g/mol. The van der Waals surface area contributed by atoms with E-state index in [2.05, 4.69) is 5.32 Å². The summed E-state index contributed by atoms with van der Waals surface area (Å²) in [5.41, 5.74) is 1.11. The minimum atomic E-state index is -0.480. The van der Waals surface area contributed by atoms with Crippen LogP contribution in [-0.2, 0) is 4.74 Å². The number of rotatable bonds is 6. The summed E-state index contributed by atoms with van der Waals surface area (Å²) in [4.78, 5) is 25.5. The zero-order chi connectivity index (χ0) is 15.4. The first-order valence-corrected chi connectivity index (χ1v) is 6.60. The average molecular weight is 294 g/mol. The van der Waals surface area contributed by atoms with E-state index < -0.39 is 11.0 Å². The third-order valence-corrected chi connectivity index (χ3v) is 3.12. The summed E-state index contributed by atoms with van der Waals surface area (Å²) in [6.07, 6.45) is -0.480. The molecule has 1 aromatic carbocycles. The molecule has 1 aliphatic rings. The Kier molecular flexibility index (Phi) is 4.59. The van der Waals surface area contributed by atoms with Gasteiger partial charge in [0.15, 0.2) is 0 Å². The van der Waals surface area contributed by atoms with Gasteiger partial charge in [0.2, 0.25) is 0 Å². The Labute approximate surface area is 122 Å². The van der Waals surface area contributed by atoms with Crippen molar-refractivity contribution in [2.45, 2.75) is 0 Å². The van der Waals surface area contributed by atoms with Crippen LogP contribution in [0.3, 0.4) is 0 Å². The van der Waals surface area contributed by atoms with Gasteiger partial charge in [-0.2, -0.15) is 0 Å². The summed E-state index contributed by atoms with van der Waals surface area (Å²) in [6.45, 7) is 2.16. The van der Waals surface area contributed by atoms with Crippen LogP contribution in [0.25, 0.3) is 0 Å². The number of amides is 1. The molecule has 0 aromatic heterocycles. The molecule has 0 aliphatic carbocycles. The van der Waals surface area contributed by atoms with Crippen LogP contribution in [0.2, 0.25) is 0 Å². The lowest BCUT2D eigenvalue weighted by molar-refractivity contribution is -0.384. The summed E-state index contributed by atoms with van der Waals surface area (Å²) in [7, 11) is 3.91. The second kappa shape index (κ2) is 6.40. The molecule has 0 unspecified atom stereocenters. The first kappa shape index (κ1) is 15.0. The number of nitro groups is 1. The highest BCUT2D eigenvalue weighted by molar-refractivity contribution is 5.94. The molecule has 114 valence electrons. The van der Waals surface area contributed by atoms with Crippen molar-refractivity contribution in [3.8, 4) is 0 Å². The number of hydrogen-bond donors (Lipinski definition) is 1. The molecule has 1 N–H and O–H groups in total. The van der Waals surface area contributed by atoms with Gasteiger partial charge in [-0.1, -0.05) is 0 Å². The van der Waals surface area contributed by atoms with Gasteiger partial charge in [0.25, 0.3) is 5.69 Å². The highest BCUT2D eigenvalue weighted by Gasteiger charge is 2.27. The van der Waals surface area contributed by atoms with Crippen molar-refractivity contribution in [2.75, 3.05) is 50.6 Å². The lowest BCUT2D eigenvalue weighted by atomic mass is 10.2. The largest absolute Gasteiger partial charge is 0.447 e. The molecule has 1 amide bonds. The van der Waals surface area contributed by atoms with Crippen LogP contribution in [0.5, 0.6) is 0 Å². The molecule has 1 aliphatic heterocycles. The number of likely N-dealkylation sites (N-methyl/N-ethyl adjacent to an activating group) is 1. The Morgan fingerprint density at radius 2 is 2.24 bits per heavy atom.